The lowest BCUT2D eigenvalue weighted by atomic mass is 10.0. The van der Waals surface area contributed by atoms with Gasteiger partial charge in [0.1, 0.15) is 17.4 Å². The van der Waals surface area contributed by atoms with Crippen molar-refractivity contribution in [2.75, 3.05) is 32.8 Å². The van der Waals surface area contributed by atoms with Crippen LogP contribution in [0.4, 0.5) is 11.6 Å². The molecule has 6 N–H and O–H groups in total. The van der Waals surface area contributed by atoms with Crippen molar-refractivity contribution in [1.29, 1.82) is 0 Å². The molecule has 2 amide bonds. The summed E-state index contributed by atoms with van der Waals surface area (Å²) in [5, 5.41) is 14.6. The lowest BCUT2D eigenvalue weighted by molar-refractivity contribution is 0.0942. The third-order valence-electron chi connectivity index (χ3n) is 10.3. The molecule has 0 spiro atoms. The second kappa shape index (κ2) is 17.2. The maximum Gasteiger partial charge on any atom is 0.251 e. The number of nitrogens with one attached hydrogen (secondary N) is 2. The Hall–Kier alpha value is -7.42. The van der Waals surface area contributed by atoms with E-state index in [1.165, 1.54) is 36.0 Å². The molecule has 6 aromatic rings. The number of aromatic nitrogens is 4. The number of amides is 2. The fourth-order valence-electron chi connectivity index (χ4n) is 6.43. The quantitative estimate of drug-likeness (QED) is 0.103. The number of rotatable bonds is 13. The van der Waals surface area contributed by atoms with E-state index in [2.05, 4.69) is 20.8 Å². The minimum atomic E-state index is -0.287. The van der Waals surface area contributed by atoms with E-state index in [9.17, 15) is 19.2 Å². The Morgan fingerprint density at radius 2 is 1.00 bits per heavy atom. The Bertz CT molecular complexity index is 2600. The Balaban J connectivity index is 0.000000182. The highest BCUT2D eigenvalue weighted by Crippen LogP contribution is 2.31. The largest absolute Gasteiger partial charge is 0.497 e. The number of aryl methyl sites for hydroxylation is 2. The van der Waals surface area contributed by atoms with Gasteiger partial charge in [-0.3, -0.25) is 19.2 Å². The topological polar surface area (TPSA) is 208 Å². The second-order valence-corrected chi connectivity index (χ2v) is 14.7. The molecule has 0 unspecified atom stereocenters. The summed E-state index contributed by atoms with van der Waals surface area (Å²) in [6.07, 6.45) is 6.96. The zero-order valence-electron chi connectivity index (χ0n) is 33.9. The Morgan fingerprint density at radius 1 is 0.567 bits per heavy atom. The fraction of sp³-hybridized carbons (Fsp3) is 0.244. The molecule has 8 rings (SSSR count). The molecule has 2 aromatic heterocycles. The predicted molar refractivity (Wildman–Crippen MR) is 226 cm³/mol. The summed E-state index contributed by atoms with van der Waals surface area (Å²) >= 11 is 0. The van der Waals surface area contributed by atoms with E-state index in [0.717, 1.165) is 36.8 Å². The fourth-order valence-corrected chi connectivity index (χ4v) is 6.43. The monoisotopic (exact) mass is 810 g/mol. The van der Waals surface area contributed by atoms with Gasteiger partial charge in [0.2, 0.25) is 0 Å². The minimum absolute atomic E-state index is 0.117. The molecule has 0 atom stereocenters. The normalized spacial score (nSPS) is 13.1. The first kappa shape index (κ1) is 40.8. The van der Waals surface area contributed by atoms with Gasteiger partial charge in [0, 0.05) is 34.3 Å². The summed E-state index contributed by atoms with van der Waals surface area (Å²) in [6, 6.07) is 23.0. The number of ketones is 2. The maximum absolute atomic E-state index is 13.1. The summed E-state index contributed by atoms with van der Waals surface area (Å²) in [7, 11) is 4.61. The highest BCUT2D eigenvalue weighted by molar-refractivity contribution is 6.12. The van der Waals surface area contributed by atoms with Gasteiger partial charge in [0.05, 0.1) is 56.2 Å². The minimum Gasteiger partial charge on any atom is -0.497 e. The number of nitrogen functional groups attached to an aromatic ring is 2. The summed E-state index contributed by atoms with van der Waals surface area (Å²) in [6.45, 7) is 3.80. The van der Waals surface area contributed by atoms with Gasteiger partial charge in [0.15, 0.2) is 23.1 Å². The van der Waals surface area contributed by atoms with Crippen LogP contribution in [0.15, 0.2) is 91.3 Å². The predicted octanol–water partition coefficient (Wildman–Crippen LogP) is 5.80. The van der Waals surface area contributed by atoms with Crippen molar-refractivity contribution in [3.8, 4) is 28.6 Å². The van der Waals surface area contributed by atoms with Gasteiger partial charge in [-0.25, -0.2) is 9.36 Å². The molecule has 15 heteroatoms. The van der Waals surface area contributed by atoms with Crippen LogP contribution in [-0.4, -0.2) is 76.4 Å². The van der Waals surface area contributed by atoms with E-state index < -0.39 is 0 Å². The molecule has 2 saturated carbocycles. The first-order valence-corrected chi connectivity index (χ1v) is 19.4. The zero-order chi connectivity index (χ0) is 42.7. The number of anilines is 2. The third kappa shape index (κ3) is 8.70. The Morgan fingerprint density at radius 3 is 1.43 bits per heavy atom. The summed E-state index contributed by atoms with van der Waals surface area (Å²) in [5.74, 6) is 1.31. The molecule has 0 bridgehead atoms. The van der Waals surface area contributed by atoms with Crippen molar-refractivity contribution in [2.45, 2.75) is 51.6 Å². The van der Waals surface area contributed by atoms with Crippen LogP contribution in [0.1, 0.15) is 89.4 Å². The average Bonchev–Trinajstić information content (AvgIpc) is 4.20. The van der Waals surface area contributed by atoms with Crippen LogP contribution in [0, 0.1) is 13.8 Å². The molecular formula is C45H46N8O7. The van der Waals surface area contributed by atoms with Gasteiger partial charge in [-0.15, -0.1) is 0 Å². The van der Waals surface area contributed by atoms with Crippen molar-refractivity contribution in [3.63, 3.8) is 0 Å². The molecule has 0 aliphatic heterocycles. The van der Waals surface area contributed by atoms with Crippen LogP contribution in [0.2, 0.25) is 0 Å². The van der Waals surface area contributed by atoms with E-state index in [-0.39, 0.29) is 52.7 Å². The summed E-state index contributed by atoms with van der Waals surface area (Å²) in [5.41, 5.74) is 18.2. The van der Waals surface area contributed by atoms with Crippen molar-refractivity contribution < 1.29 is 33.4 Å². The van der Waals surface area contributed by atoms with Crippen molar-refractivity contribution >= 4 is 35.0 Å². The van der Waals surface area contributed by atoms with Crippen molar-refractivity contribution in [3.05, 3.63) is 136 Å². The zero-order valence-corrected chi connectivity index (χ0v) is 33.9. The van der Waals surface area contributed by atoms with E-state index in [4.69, 9.17) is 25.7 Å². The molecule has 308 valence electrons. The smallest absolute Gasteiger partial charge is 0.251 e. The lowest BCUT2D eigenvalue weighted by Crippen LogP contribution is -2.25. The number of hydrogen-bond acceptors (Lipinski definition) is 11. The molecule has 2 fully saturated rings. The lowest BCUT2D eigenvalue weighted by Gasteiger charge is -2.11. The Kier molecular flexibility index (Phi) is 11.7. The molecule has 0 saturated heterocycles. The number of nitrogens with two attached hydrogens (primary N) is 2. The molecule has 2 heterocycles. The van der Waals surface area contributed by atoms with Gasteiger partial charge >= 0.3 is 0 Å². The molecular weight excluding hydrogens is 765 g/mol. The number of methoxy groups -OCH3 is 3. The third-order valence-corrected chi connectivity index (χ3v) is 10.3. The van der Waals surface area contributed by atoms with E-state index in [1.807, 2.05) is 26.0 Å². The number of ether oxygens (including phenoxy) is 3. The van der Waals surface area contributed by atoms with Crippen molar-refractivity contribution in [1.82, 2.24) is 30.2 Å². The molecule has 4 aromatic carbocycles. The average molecular weight is 811 g/mol. The number of carbonyl (C=O) groups is 4. The Labute approximate surface area is 346 Å². The first-order chi connectivity index (χ1) is 28.9. The van der Waals surface area contributed by atoms with Crippen LogP contribution in [-0.2, 0) is 0 Å². The summed E-state index contributed by atoms with van der Waals surface area (Å²) in [4.78, 5) is 50.8. The van der Waals surface area contributed by atoms with Crippen LogP contribution in [0.5, 0.6) is 17.2 Å². The number of hydrogen-bond donors (Lipinski definition) is 4. The van der Waals surface area contributed by atoms with Gasteiger partial charge in [-0.1, -0.05) is 12.1 Å². The highest BCUT2D eigenvalue weighted by atomic mass is 16.5. The van der Waals surface area contributed by atoms with Crippen LogP contribution in [0.3, 0.4) is 0 Å². The standard InChI is InChI=1S/C23H24N4O4.C22H22N4O3/c1-13-4-5-15(23(29)26-16-7-8-16)10-18(13)27-22(24)17(12-25-27)21(28)14-6-9-19(30-2)20(11-14)31-3;1-13-3-4-15(22(28)25-16-7-8-16)11-19(13)26-21(23)18(12-24-26)20(27)14-5-9-17(29-2)10-6-14/h4-6,9-12,16H,7-8,24H2,1-3H3,(H,26,29);3-6,9-12,16H,7-8,23H2,1-2H3,(H,25,28). The van der Waals surface area contributed by atoms with Crippen molar-refractivity contribution in [2.24, 2.45) is 0 Å². The second-order valence-electron chi connectivity index (χ2n) is 14.7. The highest BCUT2D eigenvalue weighted by Gasteiger charge is 2.26. The van der Waals surface area contributed by atoms with Gasteiger partial charge in [0.25, 0.3) is 11.8 Å². The maximum atomic E-state index is 13.1. The number of nitrogens with zero attached hydrogens (tertiary/aromatic N) is 4. The van der Waals surface area contributed by atoms with Gasteiger partial charge in [-0.2, -0.15) is 10.2 Å². The molecule has 2 aliphatic carbocycles. The number of benzene rings is 4. The van der Waals surface area contributed by atoms with Gasteiger partial charge < -0.3 is 36.3 Å². The molecule has 15 nitrogen and oxygen atoms in total. The van der Waals surface area contributed by atoms with E-state index in [1.54, 1.807) is 73.8 Å². The van der Waals surface area contributed by atoms with Gasteiger partial charge in [-0.05, 0) is 117 Å². The summed E-state index contributed by atoms with van der Waals surface area (Å²) < 4.78 is 18.6. The number of carbonyl (C=O) groups excluding carboxylic acids is 4. The SMILES string of the molecule is COc1ccc(C(=O)c2cnn(-c3cc(C(=O)NC4CC4)ccc3C)c2N)cc1.COc1ccc(C(=O)c2cnn(-c3cc(C(=O)NC4CC4)ccc3C)c2N)cc1OC. The molecule has 2 aliphatic rings. The first-order valence-electron chi connectivity index (χ1n) is 19.4. The molecule has 60 heavy (non-hydrogen) atoms. The van der Waals surface area contributed by atoms with E-state index >= 15 is 0 Å². The van der Waals surface area contributed by atoms with Crippen LogP contribution in [0.25, 0.3) is 11.4 Å². The van der Waals surface area contributed by atoms with Crippen LogP contribution < -0.4 is 36.3 Å². The van der Waals surface area contributed by atoms with E-state index in [0.29, 0.717) is 56.4 Å². The molecule has 0 radical (unpaired) electrons. The van der Waals surface area contributed by atoms with Crippen LogP contribution >= 0.6 is 0 Å².